The molecule has 1 heterocycles. The Labute approximate surface area is 135 Å². The number of hydrogen-bond donors (Lipinski definition) is 2. The van der Waals surface area contributed by atoms with Crippen molar-refractivity contribution in [2.24, 2.45) is 0 Å². The number of carbonyl (C=O) groups is 2. The number of aryl methyl sites for hydroxylation is 1. The van der Waals surface area contributed by atoms with Crippen LogP contribution in [-0.2, 0) is 16.8 Å². The lowest BCUT2D eigenvalue weighted by atomic mass is 9.92. The van der Waals surface area contributed by atoms with E-state index in [0.29, 0.717) is 31.1 Å². The summed E-state index contributed by atoms with van der Waals surface area (Å²) in [6.07, 6.45) is 3.07. The van der Waals surface area contributed by atoms with Crippen LogP contribution in [0.5, 0.6) is 11.5 Å². The summed E-state index contributed by atoms with van der Waals surface area (Å²) < 4.78 is 11.6. The molecule has 0 bridgehead atoms. The number of urea groups is 1. The topological polar surface area (TPSA) is 76.7 Å². The van der Waals surface area contributed by atoms with E-state index in [9.17, 15) is 9.59 Å². The second-order valence-electron chi connectivity index (χ2n) is 5.97. The highest BCUT2D eigenvalue weighted by Crippen LogP contribution is 2.44. The number of ether oxygens (including phenoxy) is 2. The lowest BCUT2D eigenvalue weighted by Gasteiger charge is -2.22. The summed E-state index contributed by atoms with van der Waals surface area (Å²) in [7, 11) is 0. The highest BCUT2D eigenvalue weighted by molar-refractivity contribution is 6.08. The third-order valence-corrected chi connectivity index (χ3v) is 4.26. The van der Waals surface area contributed by atoms with Gasteiger partial charge in [0.2, 0.25) is 0 Å². The molecule has 2 aliphatic rings. The van der Waals surface area contributed by atoms with Gasteiger partial charge in [0.1, 0.15) is 5.54 Å². The molecule has 1 aliphatic heterocycles. The lowest BCUT2D eigenvalue weighted by molar-refractivity contribution is -0.124. The Balaban J connectivity index is 2.00. The molecule has 6 heteroatoms. The zero-order chi connectivity index (χ0) is 16.4. The summed E-state index contributed by atoms with van der Waals surface area (Å²) in [4.78, 5) is 23.9. The average Bonchev–Trinajstić information content (AvgIpc) is 3.03. The van der Waals surface area contributed by atoms with E-state index in [0.717, 1.165) is 30.4 Å². The highest BCUT2D eigenvalue weighted by Gasteiger charge is 2.51. The van der Waals surface area contributed by atoms with Crippen LogP contribution in [0.3, 0.4) is 0 Å². The maximum atomic E-state index is 12.3. The molecule has 6 nitrogen and oxygen atoms in total. The number of fused-ring (bicyclic) bond motifs is 2. The van der Waals surface area contributed by atoms with Crippen LogP contribution >= 0.6 is 0 Å². The third-order valence-electron chi connectivity index (χ3n) is 4.26. The number of carbonyl (C=O) groups excluding carboxylic acids is 2. The minimum Gasteiger partial charge on any atom is -0.490 e. The molecule has 0 radical (unpaired) electrons. The Hall–Kier alpha value is -2.24. The zero-order valence-electron chi connectivity index (χ0n) is 13.5. The zero-order valence-corrected chi connectivity index (χ0v) is 13.5. The monoisotopic (exact) mass is 318 g/mol. The first-order valence-corrected chi connectivity index (χ1v) is 8.17. The van der Waals surface area contributed by atoms with E-state index in [1.807, 2.05) is 26.0 Å². The molecule has 1 aromatic carbocycles. The quantitative estimate of drug-likeness (QED) is 0.789. The van der Waals surface area contributed by atoms with Gasteiger partial charge >= 0.3 is 6.03 Å². The van der Waals surface area contributed by atoms with Crippen molar-refractivity contribution in [1.29, 1.82) is 0 Å². The SMILES string of the molecule is CCCOc1cc2c(cc1OCCC)C1(CC2)NC(=O)NC1=O. The number of imide groups is 1. The van der Waals surface area contributed by atoms with Crippen LogP contribution in [0, 0.1) is 0 Å². The number of nitrogens with one attached hydrogen (secondary N) is 2. The Kier molecular flexibility index (Phi) is 4.15. The summed E-state index contributed by atoms with van der Waals surface area (Å²) in [5.74, 6) is 1.06. The molecule has 1 spiro atoms. The molecule has 0 saturated carbocycles. The molecule has 1 atom stereocenters. The van der Waals surface area contributed by atoms with E-state index in [2.05, 4.69) is 10.6 Å². The van der Waals surface area contributed by atoms with Gasteiger partial charge in [-0.1, -0.05) is 13.8 Å². The fourth-order valence-electron chi connectivity index (χ4n) is 3.17. The summed E-state index contributed by atoms with van der Waals surface area (Å²) in [5.41, 5.74) is 0.883. The van der Waals surface area contributed by atoms with Gasteiger partial charge in [0.05, 0.1) is 13.2 Å². The van der Waals surface area contributed by atoms with E-state index in [1.165, 1.54) is 0 Å². The molecule has 124 valence electrons. The average molecular weight is 318 g/mol. The van der Waals surface area contributed by atoms with Gasteiger partial charge in [0.15, 0.2) is 11.5 Å². The molecule has 0 aromatic heterocycles. The van der Waals surface area contributed by atoms with Gasteiger partial charge in [-0.3, -0.25) is 10.1 Å². The molecule has 1 unspecified atom stereocenters. The molecule has 3 rings (SSSR count). The lowest BCUT2D eigenvalue weighted by Crippen LogP contribution is -2.41. The molecule has 23 heavy (non-hydrogen) atoms. The summed E-state index contributed by atoms with van der Waals surface area (Å²) in [5, 5.41) is 5.13. The van der Waals surface area contributed by atoms with Crippen LogP contribution in [-0.4, -0.2) is 25.2 Å². The van der Waals surface area contributed by atoms with Crippen LogP contribution < -0.4 is 20.1 Å². The summed E-state index contributed by atoms with van der Waals surface area (Å²) >= 11 is 0. The first kappa shape index (κ1) is 15.6. The van der Waals surface area contributed by atoms with Gasteiger partial charge in [0.25, 0.3) is 5.91 Å². The standard InChI is InChI=1S/C17H22N2O4/c1-3-7-22-13-9-11-5-6-17(15(20)18-16(21)19-17)12(11)10-14(13)23-8-4-2/h9-10H,3-8H2,1-2H3,(H2,18,19,20,21). The van der Waals surface area contributed by atoms with Crippen molar-refractivity contribution < 1.29 is 19.1 Å². The molecular formula is C17H22N2O4. The molecule has 2 N–H and O–H groups in total. The molecule has 1 saturated heterocycles. The van der Waals surface area contributed by atoms with Crippen LogP contribution in [0.1, 0.15) is 44.2 Å². The van der Waals surface area contributed by atoms with Crippen molar-refractivity contribution in [2.45, 2.75) is 45.1 Å². The van der Waals surface area contributed by atoms with Gasteiger partial charge in [0, 0.05) is 0 Å². The van der Waals surface area contributed by atoms with E-state index < -0.39 is 11.6 Å². The number of hydrogen-bond acceptors (Lipinski definition) is 4. The van der Waals surface area contributed by atoms with E-state index in [-0.39, 0.29) is 5.91 Å². The van der Waals surface area contributed by atoms with Crippen molar-refractivity contribution in [3.63, 3.8) is 0 Å². The van der Waals surface area contributed by atoms with Crippen molar-refractivity contribution in [3.05, 3.63) is 23.3 Å². The third kappa shape index (κ3) is 2.62. The van der Waals surface area contributed by atoms with Crippen LogP contribution in [0.25, 0.3) is 0 Å². The maximum Gasteiger partial charge on any atom is 0.322 e. The number of amides is 3. The predicted octanol–water partition coefficient (Wildman–Crippen LogP) is 2.25. The first-order valence-electron chi connectivity index (χ1n) is 8.17. The molecule has 1 fully saturated rings. The Bertz CT molecular complexity index is 644. The van der Waals surface area contributed by atoms with Crippen LogP contribution in [0.2, 0.25) is 0 Å². The van der Waals surface area contributed by atoms with Gasteiger partial charge in [-0.05, 0) is 48.9 Å². The first-order chi connectivity index (χ1) is 11.1. The molecule has 1 aliphatic carbocycles. The Morgan fingerprint density at radius 3 is 2.30 bits per heavy atom. The smallest absolute Gasteiger partial charge is 0.322 e. The van der Waals surface area contributed by atoms with Gasteiger partial charge < -0.3 is 14.8 Å². The normalized spacial score (nSPS) is 22.0. The molecular weight excluding hydrogens is 296 g/mol. The molecule has 1 aromatic rings. The van der Waals surface area contributed by atoms with Crippen molar-refractivity contribution in [2.75, 3.05) is 13.2 Å². The van der Waals surface area contributed by atoms with Crippen LogP contribution in [0.15, 0.2) is 12.1 Å². The van der Waals surface area contributed by atoms with Gasteiger partial charge in [-0.15, -0.1) is 0 Å². The fraction of sp³-hybridized carbons (Fsp3) is 0.529. The predicted molar refractivity (Wildman–Crippen MR) is 84.7 cm³/mol. The summed E-state index contributed by atoms with van der Waals surface area (Å²) in [6.45, 7) is 5.27. The van der Waals surface area contributed by atoms with Crippen LogP contribution in [0.4, 0.5) is 4.79 Å². The van der Waals surface area contributed by atoms with Crippen molar-refractivity contribution in [3.8, 4) is 11.5 Å². The van der Waals surface area contributed by atoms with E-state index in [1.54, 1.807) is 0 Å². The Morgan fingerprint density at radius 2 is 1.74 bits per heavy atom. The fourth-order valence-corrected chi connectivity index (χ4v) is 3.17. The number of benzene rings is 1. The second kappa shape index (κ2) is 6.10. The minimum absolute atomic E-state index is 0.287. The van der Waals surface area contributed by atoms with Gasteiger partial charge in [-0.2, -0.15) is 0 Å². The largest absolute Gasteiger partial charge is 0.490 e. The van der Waals surface area contributed by atoms with Crippen molar-refractivity contribution in [1.82, 2.24) is 10.6 Å². The maximum absolute atomic E-state index is 12.3. The highest BCUT2D eigenvalue weighted by atomic mass is 16.5. The Morgan fingerprint density at radius 1 is 1.09 bits per heavy atom. The molecule has 3 amide bonds. The summed E-state index contributed by atoms with van der Waals surface area (Å²) in [6, 6.07) is 3.36. The van der Waals surface area contributed by atoms with Gasteiger partial charge in [-0.25, -0.2) is 4.79 Å². The van der Waals surface area contributed by atoms with E-state index in [4.69, 9.17) is 9.47 Å². The van der Waals surface area contributed by atoms with E-state index >= 15 is 0 Å². The second-order valence-corrected chi connectivity index (χ2v) is 5.97. The van der Waals surface area contributed by atoms with Crippen molar-refractivity contribution >= 4 is 11.9 Å². The number of rotatable bonds is 6. The minimum atomic E-state index is -0.958.